The molecule has 1 aromatic rings. The number of nitrogens with zero attached hydrogens (tertiary/aromatic N) is 1. The highest BCUT2D eigenvalue weighted by Gasteiger charge is 2.33. The zero-order chi connectivity index (χ0) is 17.0. The van der Waals surface area contributed by atoms with Gasteiger partial charge in [-0.05, 0) is 38.2 Å². The van der Waals surface area contributed by atoms with Crippen LogP contribution in [0.4, 0.5) is 4.79 Å². The van der Waals surface area contributed by atoms with E-state index in [-0.39, 0.29) is 12.1 Å². The number of amides is 1. The van der Waals surface area contributed by atoms with Crippen LogP contribution in [-0.2, 0) is 11.3 Å². The van der Waals surface area contributed by atoms with E-state index in [1.165, 1.54) is 5.56 Å². The molecular weight excluding hydrogens is 288 g/mol. The maximum atomic E-state index is 12.1. The highest BCUT2D eigenvalue weighted by atomic mass is 16.6. The molecule has 0 aliphatic carbocycles. The van der Waals surface area contributed by atoms with Crippen molar-refractivity contribution in [2.45, 2.75) is 52.8 Å². The highest BCUT2D eigenvalue weighted by Crippen LogP contribution is 2.25. The van der Waals surface area contributed by atoms with E-state index >= 15 is 0 Å². The molecule has 4 heteroatoms. The summed E-state index contributed by atoms with van der Waals surface area (Å²) in [6, 6.07) is 10.6. The summed E-state index contributed by atoms with van der Waals surface area (Å²) >= 11 is 0. The van der Waals surface area contributed by atoms with Gasteiger partial charge in [-0.3, -0.25) is 4.90 Å². The van der Waals surface area contributed by atoms with Gasteiger partial charge in [-0.15, -0.1) is 0 Å². The summed E-state index contributed by atoms with van der Waals surface area (Å²) in [7, 11) is 0. The minimum absolute atomic E-state index is 0.123. The summed E-state index contributed by atoms with van der Waals surface area (Å²) < 4.78 is 5.41. The zero-order valence-corrected chi connectivity index (χ0v) is 15.0. The topological polar surface area (TPSA) is 41.6 Å². The van der Waals surface area contributed by atoms with E-state index in [1.807, 2.05) is 26.8 Å². The highest BCUT2D eigenvalue weighted by molar-refractivity contribution is 5.68. The second-order valence-corrected chi connectivity index (χ2v) is 7.77. The van der Waals surface area contributed by atoms with Crippen molar-refractivity contribution in [2.24, 2.45) is 11.8 Å². The van der Waals surface area contributed by atoms with Crippen LogP contribution in [0.1, 0.15) is 40.2 Å². The minimum atomic E-state index is -0.461. The lowest BCUT2D eigenvalue weighted by Crippen LogP contribution is -2.55. The second kappa shape index (κ2) is 7.35. The predicted octanol–water partition coefficient (Wildman–Crippen LogP) is 3.67. The Labute approximate surface area is 140 Å². The van der Waals surface area contributed by atoms with Gasteiger partial charge in [0.25, 0.3) is 0 Å². The van der Waals surface area contributed by atoms with Gasteiger partial charge >= 0.3 is 6.09 Å². The van der Waals surface area contributed by atoms with Gasteiger partial charge in [-0.1, -0.05) is 44.2 Å². The summed E-state index contributed by atoms with van der Waals surface area (Å²) in [5.74, 6) is 0.974. The number of rotatable bonds is 3. The third-order valence-electron chi connectivity index (χ3n) is 4.48. The molecule has 0 saturated carbocycles. The molecule has 1 saturated heterocycles. The Kier molecular flexibility index (Phi) is 5.69. The van der Waals surface area contributed by atoms with Gasteiger partial charge in [0.1, 0.15) is 5.60 Å². The van der Waals surface area contributed by atoms with Crippen molar-refractivity contribution < 1.29 is 9.53 Å². The number of carbonyl (C=O) groups excluding carboxylic acids is 1. The van der Waals surface area contributed by atoms with Crippen LogP contribution in [0.2, 0.25) is 0 Å². The van der Waals surface area contributed by atoms with Crippen LogP contribution in [0.15, 0.2) is 30.3 Å². The molecular formula is C19H30N2O2. The van der Waals surface area contributed by atoms with Gasteiger partial charge in [0.2, 0.25) is 0 Å². The van der Waals surface area contributed by atoms with Gasteiger partial charge in [-0.25, -0.2) is 4.79 Å². The first-order valence-corrected chi connectivity index (χ1v) is 8.50. The number of hydrogen-bond donors (Lipinski definition) is 1. The van der Waals surface area contributed by atoms with E-state index in [0.29, 0.717) is 11.8 Å². The Balaban J connectivity index is 1.97. The van der Waals surface area contributed by atoms with Gasteiger partial charge in [0.05, 0.1) is 0 Å². The molecule has 1 amide bonds. The fraction of sp³-hybridized carbons (Fsp3) is 0.632. The van der Waals surface area contributed by atoms with Crippen LogP contribution in [0.25, 0.3) is 0 Å². The van der Waals surface area contributed by atoms with E-state index in [2.05, 4.69) is 48.3 Å². The average molecular weight is 318 g/mol. The SMILES string of the molecule is C[C@H]1[C@H](C)CN(Cc2ccccc2)C[C@@H]1NC(=O)OC(C)(C)C. The molecule has 0 unspecified atom stereocenters. The van der Waals surface area contributed by atoms with Crippen LogP contribution in [0.3, 0.4) is 0 Å². The first-order valence-electron chi connectivity index (χ1n) is 8.50. The van der Waals surface area contributed by atoms with Crippen LogP contribution in [0.5, 0.6) is 0 Å². The number of nitrogens with one attached hydrogen (secondary N) is 1. The number of carbonyl (C=O) groups is 1. The lowest BCUT2D eigenvalue weighted by atomic mass is 9.84. The molecule has 0 spiro atoms. The maximum Gasteiger partial charge on any atom is 0.407 e. The van der Waals surface area contributed by atoms with Crippen molar-refractivity contribution in [2.75, 3.05) is 13.1 Å². The largest absolute Gasteiger partial charge is 0.444 e. The van der Waals surface area contributed by atoms with Crippen LogP contribution >= 0.6 is 0 Å². The van der Waals surface area contributed by atoms with Crippen LogP contribution in [0, 0.1) is 11.8 Å². The van der Waals surface area contributed by atoms with Crippen LogP contribution < -0.4 is 5.32 Å². The molecule has 3 atom stereocenters. The quantitative estimate of drug-likeness (QED) is 0.924. The van der Waals surface area contributed by atoms with E-state index in [1.54, 1.807) is 0 Å². The number of benzene rings is 1. The van der Waals surface area contributed by atoms with Crippen molar-refractivity contribution in [1.29, 1.82) is 0 Å². The molecule has 1 aliphatic rings. The summed E-state index contributed by atoms with van der Waals surface area (Å²) in [4.78, 5) is 14.5. The Morgan fingerprint density at radius 2 is 1.87 bits per heavy atom. The van der Waals surface area contributed by atoms with Crippen molar-refractivity contribution >= 4 is 6.09 Å². The molecule has 1 fully saturated rings. The van der Waals surface area contributed by atoms with Gasteiger partial charge in [0, 0.05) is 25.7 Å². The smallest absolute Gasteiger partial charge is 0.407 e. The Morgan fingerprint density at radius 3 is 2.48 bits per heavy atom. The zero-order valence-electron chi connectivity index (χ0n) is 15.0. The predicted molar refractivity (Wildman–Crippen MR) is 93.2 cm³/mol. The molecule has 0 aromatic heterocycles. The van der Waals surface area contributed by atoms with E-state index < -0.39 is 5.60 Å². The molecule has 1 aliphatic heterocycles. The van der Waals surface area contributed by atoms with Crippen molar-refractivity contribution in [1.82, 2.24) is 10.2 Å². The summed E-state index contributed by atoms with van der Waals surface area (Å²) in [6.07, 6.45) is -0.317. The molecule has 0 bridgehead atoms. The van der Waals surface area contributed by atoms with Gasteiger partial charge in [-0.2, -0.15) is 0 Å². The fourth-order valence-corrected chi connectivity index (χ4v) is 3.10. The molecule has 1 aromatic carbocycles. The van der Waals surface area contributed by atoms with Crippen molar-refractivity contribution in [3.63, 3.8) is 0 Å². The molecule has 2 rings (SSSR count). The minimum Gasteiger partial charge on any atom is -0.444 e. The molecule has 23 heavy (non-hydrogen) atoms. The summed E-state index contributed by atoms with van der Waals surface area (Å²) in [5, 5.41) is 3.07. The number of hydrogen-bond acceptors (Lipinski definition) is 3. The van der Waals surface area contributed by atoms with Crippen molar-refractivity contribution in [3.05, 3.63) is 35.9 Å². The van der Waals surface area contributed by atoms with E-state index in [0.717, 1.165) is 19.6 Å². The van der Waals surface area contributed by atoms with Crippen LogP contribution in [-0.4, -0.2) is 35.7 Å². The lowest BCUT2D eigenvalue weighted by Gasteiger charge is -2.41. The van der Waals surface area contributed by atoms with Gasteiger partial charge in [0.15, 0.2) is 0 Å². The lowest BCUT2D eigenvalue weighted by molar-refractivity contribution is 0.0376. The summed E-state index contributed by atoms with van der Waals surface area (Å²) in [6.45, 7) is 13.0. The van der Waals surface area contributed by atoms with Crippen molar-refractivity contribution in [3.8, 4) is 0 Å². The molecule has 128 valence electrons. The standard InChI is InChI=1S/C19H30N2O2/c1-14-11-21(12-16-9-7-6-8-10-16)13-17(15(14)2)20-18(22)23-19(3,4)5/h6-10,14-15,17H,11-13H2,1-5H3,(H,20,22)/t14-,15+,17+/m1/s1. The maximum absolute atomic E-state index is 12.1. The first-order chi connectivity index (χ1) is 10.7. The molecule has 1 N–H and O–H groups in total. The number of ether oxygens (including phenoxy) is 1. The summed E-state index contributed by atoms with van der Waals surface area (Å²) in [5.41, 5.74) is 0.849. The monoisotopic (exact) mass is 318 g/mol. The number of likely N-dealkylation sites (tertiary alicyclic amines) is 1. The fourth-order valence-electron chi connectivity index (χ4n) is 3.10. The first kappa shape index (κ1) is 17.8. The average Bonchev–Trinajstić information content (AvgIpc) is 2.43. The Bertz CT molecular complexity index is 510. The Hall–Kier alpha value is -1.55. The molecule has 4 nitrogen and oxygen atoms in total. The van der Waals surface area contributed by atoms with Gasteiger partial charge < -0.3 is 10.1 Å². The molecule has 1 heterocycles. The second-order valence-electron chi connectivity index (χ2n) is 7.77. The molecule has 0 radical (unpaired) electrons. The van der Waals surface area contributed by atoms with E-state index in [4.69, 9.17) is 4.74 Å². The Morgan fingerprint density at radius 1 is 1.22 bits per heavy atom. The van der Waals surface area contributed by atoms with E-state index in [9.17, 15) is 4.79 Å². The third kappa shape index (κ3) is 5.54. The normalized spacial score (nSPS) is 25.9. The number of alkyl carbamates (subject to hydrolysis) is 1. The number of piperidine rings is 1. The third-order valence-corrected chi connectivity index (χ3v) is 4.48.